The van der Waals surface area contributed by atoms with Gasteiger partial charge in [0.1, 0.15) is 14.6 Å². The van der Waals surface area contributed by atoms with Gasteiger partial charge < -0.3 is 60.5 Å². The Kier molecular flexibility index (Phi) is 36.0. The summed E-state index contributed by atoms with van der Waals surface area (Å²) in [6.07, 6.45) is 21.5. The minimum absolute atomic E-state index is 0.0507. The van der Waals surface area contributed by atoms with Gasteiger partial charge in [0.25, 0.3) is 0 Å². The second kappa shape index (κ2) is 40.9. The molecule has 0 aromatic carbocycles. The lowest BCUT2D eigenvalue weighted by atomic mass is 9.85. The molecular formula is C66H99Cl3O16S3. The summed E-state index contributed by atoms with van der Waals surface area (Å²) in [6, 6.07) is 10.5. The molecule has 3 aromatic heterocycles. The van der Waals surface area contributed by atoms with Gasteiger partial charge in [-0.25, -0.2) is 14.4 Å². The predicted octanol–water partition coefficient (Wildman–Crippen LogP) is 13.0. The highest BCUT2D eigenvalue weighted by Gasteiger charge is 2.42. The molecule has 3 saturated carbocycles. The Labute approximate surface area is 548 Å². The maximum absolute atomic E-state index is 11.0. The Balaban J connectivity index is 0.000000283. The minimum atomic E-state index is -0.902. The smallest absolute Gasteiger partial charge is 0.345 e. The maximum atomic E-state index is 11.0. The lowest BCUT2D eigenvalue weighted by molar-refractivity contribution is -0.145. The van der Waals surface area contributed by atoms with Gasteiger partial charge in [-0.3, -0.25) is 4.79 Å². The van der Waals surface area contributed by atoms with Gasteiger partial charge in [-0.15, -0.1) is 68.8 Å². The zero-order valence-electron chi connectivity index (χ0n) is 51.7. The van der Waals surface area contributed by atoms with Gasteiger partial charge in [0.2, 0.25) is 0 Å². The number of rotatable bonds is 36. The molecule has 3 aromatic rings. The number of carboxylic acid groups (broad SMARTS) is 3. The number of esters is 1. The van der Waals surface area contributed by atoms with E-state index in [1.807, 2.05) is 44.2 Å². The zero-order valence-corrected chi connectivity index (χ0v) is 56.4. The number of aliphatic hydroxyl groups is 7. The van der Waals surface area contributed by atoms with Gasteiger partial charge in [0.05, 0.1) is 54.9 Å². The summed E-state index contributed by atoms with van der Waals surface area (Å²) >= 11 is 23.4. The van der Waals surface area contributed by atoms with Crippen LogP contribution in [0.25, 0.3) is 0 Å². The van der Waals surface area contributed by atoms with Crippen molar-refractivity contribution in [1.82, 2.24) is 0 Å². The number of aryl methyl sites for hydroxylation is 3. The molecular weight excluding hydrogens is 1250 g/mol. The Bertz CT molecular complexity index is 2550. The van der Waals surface area contributed by atoms with Gasteiger partial charge in [0.15, 0.2) is 0 Å². The highest BCUT2D eigenvalue weighted by atomic mass is 35.5. The Morgan fingerprint density at radius 2 is 0.898 bits per heavy atom. The van der Waals surface area contributed by atoms with E-state index in [1.54, 1.807) is 44.4 Å². The predicted molar refractivity (Wildman–Crippen MR) is 351 cm³/mol. The summed E-state index contributed by atoms with van der Waals surface area (Å²) in [7, 11) is 1.69. The molecule has 0 radical (unpaired) electrons. The average molecular weight is 1350 g/mol. The number of alkyl halides is 3. The number of hydrogen-bond acceptors (Lipinski definition) is 16. The number of hydrogen-bond donors (Lipinski definition) is 10. The molecule has 498 valence electrons. The molecule has 16 nitrogen and oxygen atoms in total. The fraction of sp³-hybridized carbons (Fsp3) is 0.697. The highest BCUT2D eigenvalue weighted by molar-refractivity contribution is 7.14. The van der Waals surface area contributed by atoms with E-state index >= 15 is 0 Å². The van der Waals surface area contributed by atoms with E-state index in [0.717, 1.165) is 105 Å². The van der Waals surface area contributed by atoms with E-state index in [0.29, 0.717) is 72.4 Å². The summed E-state index contributed by atoms with van der Waals surface area (Å²) in [5.41, 5.74) is 0. The summed E-state index contributed by atoms with van der Waals surface area (Å²) in [5.74, 6) is -2.54. The van der Waals surface area contributed by atoms with E-state index in [-0.39, 0.29) is 75.9 Å². The second-order valence-corrected chi connectivity index (χ2v) is 29.6. The molecule has 0 saturated heterocycles. The number of thiophene rings is 3. The number of halogens is 3. The van der Waals surface area contributed by atoms with Crippen molar-refractivity contribution in [3.05, 3.63) is 90.0 Å². The van der Waals surface area contributed by atoms with Crippen LogP contribution in [0.3, 0.4) is 0 Å². The van der Waals surface area contributed by atoms with Gasteiger partial charge >= 0.3 is 23.9 Å². The molecule has 3 heterocycles. The first-order valence-corrected chi connectivity index (χ1v) is 35.2. The van der Waals surface area contributed by atoms with E-state index in [9.17, 15) is 54.9 Å². The molecule has 0 aliphatic heterocycles. The van der Waals surface area contributed by atoms with Crippen LogP contribution in [-0.4, -0.2) is 153 Å². The van der Waals surface area contributed by atoms with Crippen LogP contribution < -0.4 is 0 Å². The first kappa shape index (κ1) is 77.5. The topological polar surface area (TPSA) is 289 Å². The van der Waals surface area contributed by atoms with Crippen LogP contribution in [0.5, 0.6) is 0 Å². The number of aliphatic hydroxyl groups excluding tert-OH is 7. The van der Waals surface area contributed by atoms with Crippen molar-refractivity contribution < 1.29 is 79.7 Å². The second-order valence-electron chi connectivity index (χ2n) is 24.4. The third kappa shape index (κ3) is 28.1. The summed E-state index contributed by atoms with van der Waals surface area (Å²) < 4.78 is 10.3. The first-order chi connectivity index (χ1) is 41.8. The fourth-order valence-corrected chi connectivity index (χ4v) is 16.5. The Morgan fingerprint density at radius 3 is 1.28 bits per heavy atom. The number of aromatic carboxylic acids is 3. The van der Waals surface area contributed by atoms with Crippen LogP contribution in [0.15, 0.2) is 60.7 Å². The van der Waals surface area contributed by atoms with Crippen LogP contribution in [0, 0.1) is 35.5 Å². The minimum Gasteiger partial charge on any atom is -0.477 e. The van der Waals surface area contributed by atoms with Gasteiger partial charge in [-0.2, -0.15) is 0 Å². The molecule has 0 spiro atoms. The van der Waals surface area contributed by atoms with Gasteiger partial charge in [-0.05, 0) is 229 Å². The molecule has 3 aliphatic carbocycles. The van der Waals surface area contributed by atoms with Crippen LogP contribution in [0.2, 0.25) is 0 Å². The fourth-order valence-electron chi connectivity index (χ4n) is 12.4. The number of carboxylic acids is 3. The third-order valence-corrected chi connectivity index (χ3v) is 22.2. The molecule has 18 atom stereocenters. The van der Waals surface area contributed by atoms with Gasteiger partial charge in [0, 0.05) is 56.6 Å². The van der Waals surface area contributed by atoms with Crippen molar-refractivity contribution >= 4 is 92.7 Å². The molecule has 0 amide bonds. The van der Waals surface area contributed by atoms with E-state index < -0.39 is 54.5 Å². The highest BCUT2D eigenvalue weighted by Crippen LogP contribution is 2.44. The van der Waals surface area contributed by atoms with Crippen molar-refractivity contribution in [1.29, 1.82) is 0 Å². The summed E-state index contributed by atoms with van der Waals surface area (Å²) in [5, 5.41) is 98.0. The van der Waals surface area contributed by atoms with Crippen molar-refractivity contribution in [2.45, 2.75) is 246 Å². The lowest BCUT2D eigenvalue weighted by Gasteiger charge is -2.24. The molecule has 22 heteroatoms. The van der Waals surface area contributed by atoms with Crippen LogP contribution >= 0.6 is 68.8 Å². The van der Waals surface area contributed by atoms with Crippen LogP contribution in [-0.2, 0) is 33.5 Å². The lowest BCUT2D eigenvalue weighted by Crippen LogP contribution is -2.23. The van der Waals surface area contributed by atoms with Crippen LogP contribution in [0.4, 0.5) is 0 Å². The molecule has 0 unspecified atom stereocenters. The van der Waals surface area contributed by atoms with E-state index in [4.69, 9.17) is 59.6 Å². The quantitative estimate of drug-likeness (QED) is 0.0147. The Morgan fingerprint density at radius 1 is 0.511 bits per heavy atom. The number of ether oxygens (including phenoxy) is 2. The van der Waals surface area contributed by atoms with Crippen molar-refractivity contribution in [2.24, 2.45) is 35.5 Å². The number of carbonyl (C=O) groups excluding carboxylic acids is 1. The monoisotopic (exact) mass is 1350 g/mol. The number of methoxy groups -OCH3 is 1. The first-order valence-electron chi connectivity index (χ1n) is 31.5. The Hall–Kier alpha value is -2.99. The summed E-state index contributed by atoms with van der Waals surface area (Å²) in [4.78, 5) is 48.1. The SMILES string of the molecule is CC(=O)O[C@H](C)CCC[C@H](O)/C=C/[C@@H]1[C@@H](CCCc2ccc(C(=O)O)s2)[C@H](Cl)C[C@H]1O.CO[C@H](C)CCC[C@H](O)/C=C/[C@@H]1[C@@H](CCCc2ccc(C(=O)O)s2)[C@H](Cl)C[C@H]1O.C[C@@H](O)CCC[C@H](O)CC[C@@H]1[C@@H](CCCc2ccc(C(=O)O)s2)[C@H](Cl)C[C@H]1O. The molecule has 10 N–H and O–H groups in total. The summed E-state index contributed by atoms with van der Waals surface area (Å²) in [6.45, 7) is 6.99. The molecule has 0 bridgehead atoms. The van der Waals surface area contributed by atoms with Crippen LogP contribution in [0.1, 0.15) is 200 Å². The van der Waals surface area contributed by atoms with Gasteiger partial charge in [-0.1, -0.05) is 24.3 Å². The normalized spacial score (nSPS) is 26.4. The standard InChI is InChI=1S/C23H33ClO6S.C22H33ClO5S.C21H33ClO5S/c1-14(30-15(2)25)5-3-6-16(26)9-11-19-18(20(24)13-21(19)27)8-4-7-17-10-12-22(31-17)23(28)29;1-14(28-2)5-3-6-15(24)9-11-18-17(19(23)13-20(18)25)8-4-7-16-10-12-21(29-16)22(26)27;1-13(23)4-2-5-14(24)8-10-17-16(18(22)12-19(17)25)7-3-6-15-9-11-20(28-15)21(26)27/h9-12,14,16,18-21,26-27H,3-8,13H2,1-2H3,(H,28,29);9-12,14-15,17-20,24-25H,3-8,13H2,1-2H3,(H,26,27);9,11,13-14,16-19,23-25H,2-8,10,12H2,1H3,(H,26,27)/b2*11-9+;/t14-,16+,18-,19-,20-,21-;14-,15+,17-,18-,19-,20-;13-,14+,16-,17-,18-,19-/m111/s1. The molecule has 3 fully saturated rings. The van der Waals surface area contributed by atoms with E-state index in [1.165, 1.54) is 40.9 Å². The molecule has 88 heavy (non-hydrogen) atoms. The maximum Gasteiger partial charge on any atom is 0.345 e. The van der Waals surface area contributed by atoms with Crippen molar-refractivity contribution in [3.63, 3.8) is 0 Å². The molecule has 6 rings (SSSR count). The molecule has 3 aliphatic rings. The zero-order chi connectivity index (χ0) is 65.0. The largest absolute Gasteiger partial charge is 0.477 e. The third-order valence-electron chi connectivity index (χ3n) is 17.3. The van der Waals surface area contributed by atoms with Crippen molar-refractivity contribution in [3.8, 4) is 0 Å². The van der Waals surface area contributed by atoms with Crippen molar-refractivity contribution in [2.75, 3.05) is 7.11 Å². The number of carbonyl (C=O) groups is 4. The van der Waals surface area contributed by atoms with E-state index in [2.05, 4.69) is 0 Å². The average Bonchev–Trinajstić information content (AvgIpc) is 2.47.